The Kier molecular flexibility index (Phi) is 7.71. The monoisotopic (exact) mass is 664 g/mol. The fourth-order valence-electron chi connectivity index (χ4n) is 4.88. The van der Waals surface area contributed by atoms with E-state index in [4.69, 9.17) is 10.5 Å². The summed E-state index contributed by atoms with van der Waals surface area (Å²) in [4.78, 5) is 20.1. The summed E-state index contributed by atoms with van der Waals surface area (Å²) in [6, 6.07) is 15.5. The van der Waals surface area contributed by atoms with Crippen molar-refractivity contribution in [2.24, 2.45) is 0 Å². The van der Waals surface area contributed by atoms with Gasteiger partial charge in [0.25, 0.3) is 10.0 Å². The molecule has 0 spiro atoms. The Morgan fingerprint density at radius 3 is 2.47 bits per heavy atom. The molecule has 3 aromatic heterocycles. The first kappa shape index (κ1) is 31.3. The van der Waals surface area contributed by atoms with Crippen molar-refractivity contribution in [2.45, 2.75) is 24.9 Å². The molecule has 0 saturated carbocycles. The van der Waals surface area contributed by atoms with Gasteiger partial charge in [-0.2, -0.15) is 18.3 Å². The second kappa shape index (κ2) is 11.6. The van der Waals surface area contributed by atoms with Crippen molar-refractivity contribution in [1.29, 1.82) is 0 Å². The maximum Gasteiger partial charge on any atom is 0.416 e. The maximum atomic E-state index is 14.0. The lowest BCUT2D eigenvalue weighted by molar-refractivity contribution is -0.137. The number of carbonyl (C=O) groups is 1. The number of nitrogens with two attached hydrogens (primary N) is 1. The van der Waals surface area contributed by atoms with E-state index in [1.165, 1.54) is 41.3 Å². The average molecular weight is 665 g/mol. The van der Waals surface area contributed by atoms with Gasteiger partial charge in [0, 0.05) is 17.0 Å². The van der Waals surface area contributed by atoms with Crippen molar-refractivity contribution in [2.75, 3.05) is 10.5 Å². The van der Waals surface area contributed by atoms with Crippen molar-refractivity contribution in [3.05, 3.63) is 119 Å². The number of anilines is 2. The van der Waals surface area contributed by atoms with E-state index in [9.17, 15) is 30.8 Å². The largest absolute Gasteiger partial charge is 0.436 e. The van der Waals surface area contributed by atoms with Gasteiger partial charge in [0.1, 0.15) is 5.82 Å². The lowest BCUT2D eigenvalue weighted by Crippen LogP contribution is -2.15. The van der Waals surface area contributed by atoms with E-state index in [1.807, 2.05) is 0 Å². The Hall–Kier alpha value is -5.70. The van der Waals surface area contributed by atoms with E-state index in [-0.39, 0.29) is 34.4 Å². The van der Waals surface area contributed by atoms with Crippen LogP contribution >= 0.6 is 0 Å². The van der Waals surface area contributed by atoms with Gasteiger partial charge in [-0.25, -0.2) is 22.5 Å². The first-order chi connectivity index (χ1) is 22.2. The summed E-state index contributed by atoms with van der Waals surface area (Å²) in [6.45, 7) is 3.36. The van der Waals surface area contributed by atoms with Crippen molar-refractivity contribution in [3.8, 4) is 17.3 Å². The number of aromatic nitrogens is 4. The summed E-state index contributed by atoms with van der Waals surface area (Å²) in [7, 11) is -4.38. The van der Waals surface area contributed by atoms with Crippen LogP contribution in [0.5, 0.6) is 11.6 Å². The molecule has 47 heavy (non-hydrogen) atoms. The zero-order valence-corrected chi connectivity index (χ0v) is 25.4. The molecular weight excluding hydrogens is 640 g/mol. The summed E-state index contributed by atoms with van der Waals surface area (Å²) in [5.74, 6) is -0.878. The Morgan fingerprint density at radius 1 is 0.979 bits per heavy atom. The van der Waals surface area contributed by atoms with Gasteiger partial charge in [-0.15, -0.1) is 0 Å². The molecule has 0 aliphatic rings. The van der Waals surface area contributed by atoms with Crippen molar-refractivity contribution >= 4 is 38.2 Å². The molecule has 3 heterocycles. The Bertz CT molecular complexity index is 2300. The molecule has 6 rings (SSSR count). The molecule has 15 heteroatoms. The lowest BCUT2D eigenvalue weighted by Gasteiger charge is -2.13. The predicted octanol–water partition coefficient (Wildman–Crippen LogP) is 6.93. The van der Waals surface area contributed by atoms with E-state index in [2.05, 4.69) is 19.8 Å². The molecule has 3 aromatic carbocycles. The number of nitrogen functional groups attached to an aromatic ring is 1. The Balaban J connectivity index is 1.25. The number of rotatable bonds is 8. The average Bonchev–Trinajstić information content (AvgIpc) is 3.60. The van der Waals surface area contributed by atoms with Gasteiger partial charge in [-0.3, -0.25) is 9.52 Å². The third-order valence-electron chi connectivity index (χ3n) is 7.31. The molecule has 4 N–H and O–H groups in total. The highest BCUT2D eigenvalue weighted by Gasteiger charge is 2.32. The molecule has 0 unspecified atom stereocenters. The third kappa shape index (κ3) is 6.12. The van der Waals surface area contributed by atoms with Crippen LogP contribution in [0, 0.1) is 19.7 Å². The normalized spacial score (nSPS) is 12.0. The summed E-state index contributed by atoms with van der Waals surface area (Å²) >= 11 is 0. The summed E-state index contributed by atoms with van der Waals surface area (Å²) in [5.41, 5.74) is 7.48. The van der Waals surface area contributed by atoms with Crippen molar-refractivity contribution in [3.63, 3.8) is 0 Å². The van der Waals surface area contributed by atoms with E-state index >= 15 is 0 Å². The number of nitrogens with one attached hydrogen (secondary N) is 2. The molecule has 6 aromatic rings. The molecule has 0 atom stereocenters. The van der Waals surface area contributed by atoms with Crippen LogP contribution in [0.2, 0.25) is 0 Å². The van der Waals surface area contributed by atoms with Crippen LogP contribution in [-0.2, 0) is 16.2 Å². The number of nitrogens with zero attached hydrogens (tertiary/aromatic N) is 3. The molecule has 0 fully saturated rings. The van der Waals surface area contributed by atoms with Gasteiger partial charge in [-0.05, 0) is 73.5 Å². The maximum absolute atomic E-state index is 14.0. The lowest BCUT2D eigenvalue weighted by atomic mass is 10.1. The van der Waals surface area contributed by atoms with E-state index < -0.39 is 38.3 Å². The molecule has 0 amide bonds. The summed E-state index contributed by atoms with van der Waals surface area (Å²) < 4.78 is 88.6. The van der Waals surface area contributed by atoms with Crippen LogP contribution in [0.3, 0.4) is 0 Å². The number of pyridine rings is 1. The number of benzene rings is 3. The smallest absolute Gasteiger partial charge is 0.416 e. The zero-order chi connectivity index (χ0) is 33.7. The fourth-order valence-corrected chi connectivity index (χ4v) is 6.05. The predicted molar refractivity (Wildman–Crippen MR) is 166 cm³/mol. The Morgan fingerprint density at radius 2 is 1.74 bits per heavy atom. The number of fused-ring (bicyclic) bond motifs is 1. The van der Waals surface area contributed by atoms with Gasteiger partial charge in [0.15, 0.2) is 11.6 Å². The van der Waals surface area contributed by atoms with Gasteiger partial charge >= 0.3 is 6.18 Å². The molecule has 0 radical (unpaired) electrons. The molecular formula is C32H24F4N6O4S. The minimum atomic E-state index is -4.72. The molecule has 0 aliphatic carbocycles. The standard InChI is InChI=1S/C32H24F4N6O4S/c1-17-10-19-12-26(40-25(19)14-24(17)41-47(44,45)21-7-5-6-20(13-21)32(34,35)36)30(43)22-15-39-42(31(22)37)27-16-38-29(11-18(27)2)46-28-9-4-3-8-23(28)33/h3-16,40-41H,37H2,1-2H3. The van der Waals surface area contributed by atoms with Crippen LogP contribution < -0.4 is 15.2 Å². The minimum Gasteiger partial charge on any atom is -0.436 e. The highest BCUT2D eigenvalue weighted by atomic mass is 32.2. The first-order valence-electron chi connectivity index (χ1n) is 13.8. The number of aryl methyl sites for hydroxylation is 2. The molecule has 0 bridgehead atoms. The minimum absolute atomic E-state index is 0.00686. The highest BCUT2D eigenvalue weighted by Crippen LogP contribution is 2.33. The molecule has 240 valence electrons. The van der Waals surface area contributed by atoms with E-state index in [0.29, 0.717) is 33.8 Å². The number of sulfonamides is 1. The summed E-state index contributed by atoms with van der Waals surface area (Å²) in [6.07, 6.45) is -1.99. The van der Waals surface area contributed by atoms with Crippen LogP contribution in [0.4, 0.5) is 29.1 Å². The van der Waals surface area contributed by atoms with Crippen LogP contribution in [0.25, 0.3) is 16.6 Å². The Labute approximate surface area is 264 Å². The number of hydrogen-bond acceptors (Lipinski definition) is 7. The number of ether oxygens (including phenoxy) is 1. The second-order valence-electron chi connectivity index (χ2n) is 10.6. The molecule has 0 saturated heterocycles. The number of carbonyl (C=O) groups excluding carboxylic acids is 1. The van der Waals surface area contributed by atoms with Crippen molar-refractivity contribution in [1.82, 2.24) is 19.7 Å². The number of halogens is 4. The second-order valence-corrected chi connectivity index (χ2v) is 12.3. The van der Waals surface area contributed by atoms with Gasteiger partial charge in [0.05, 0.1) is 45.5 Å². The topological polar surface area (TPSA) is 145 Å². The van der Waals surface area contributed by atoms with Gasteiger partial charge in [-0.1, -0.05) is 18.2 Å². The van der Waals surface area contributed by atoms with E-state index in [1.54, 1.807) is 38.1 Å². The van der Waals surface area contributed by atoms with Crippen LogP contribution in [0.1, 0.15) is 32.7 Å². The van der Waals surface area contributed by atoms with Crippen LogP contribution in [0.15, 0.2) is 90.1 Å². The number of alkyl halides is 3. The number of para-hydroxylation sites is 1. The fraction of sp³-hybridized carbons (Fsp3) is 0.0938. The first-order valence-corrected chi connectivity index (χ1v) is 15.3. The quantitative estimate of drug-likeness (QED) is 0.118. The van der Waals surface area contributed by atoms with Gasteiger partial charge < -0.3 is 15.5 Å². The SMILES string of the molecule is Cc1cc2cc(C(=O)c3cnn(-c4cnc(Oc5ccccc5F)cc4C)c3N)[nH]c2cc1NS(=O)(=O)c1cccc(C(F)(F)F)c1. The number of aromatic amines is 1. The van der Waals surface area contributed by atoms with Gasteiger partial charge in [0.2, 0.25) is 11.7 Å². The number of ketones is 1. The van der Waals surface area contributed by atoms with E-state index in [0.717, 1.165) is 18.2 Å². The molecule has 0 aliphatic heterocycles. The third-order valence-corrected chi connectivity index (χ3v) is 8.68. The number of H-pyrrole nitrogens is 1. The summed E-state index contributed by atoms with van der Waals surface area (Å²) in [5, 5.41) is 4.84. The zero-order valence-electron chi connectivity index (χ0n) is 24.6. The highest BCUT2D eigenvalue weighted by molar-refractivity contribution is 7.92. The molecule has 10 nitrogen and oxygen atoms in total. The van der Waals surface area contributed by atoms with Crippen molar-refractivity contribution < 1.29 is 35.5 Å². The number of hydrogen-bond donors (Lipinski definition) is 3. The van der Waals surface area contributed by atoms with Crippen LogP contribution in [-0.4, -0.2) is 33.9 Å².